The number of pyridine rings is 1. The van der Waals surface area contributed by atoms with Crippen LogP contribution in [0.4, 0.5) is 0 Å². The molecule has 1 aliphatic carbocycles. The molecule has 2 nitrogen and oxygen atoms in total. The van der Waals surface area contributed by atoms with E-state index in [0.29, 0.717) is 5.15 Å². The fraction of sp³-hybridized carbons (Fsp3) is 0.500. The number of nitrogens with two attached hydrogens (primary N) is 1. The number of nitrogens with zero attached hydrogens (tertiary/aromatic N) is 1. The van der Waals surface area contributed by atoms with Crippen LogP contribution >= 0.6 is 11.6 Å². The second kappa shape index (κ2) is 2.96. The average Bonchev–Trinajstić information content (AvgIpc) is 2.06. The summed E-state index contributed by atoms with van der Waals surface area (Å²) in [5.41, 5.74) is 8.17. The molecule has 1 aromatic rings. The highest BCUT2D eigenvalue weighted by Crippen LogP contribution is 2.38. The summed E-state index contributed by atoms with van der Waals surface area (Å²) in [6.45, 7) is 1.96. The number of rotatable bonds is 1. The van der Waals surface area contributed by atoms with Crippen LogP contribution in [0.2, 0.25) is 5.15 Å². The van der Waals surface area contributed by atoms with Crippen molar-refractivity contribution < 1.29 is 0 Å². The molecule has 2 N–H and O–H groups in total. The molecule has 0 amide bonds. The zero-order chi connectivity index (χ0) is 9.47. The Hall–Kier alpha value is -0.600. The third-order valence-corrected chi connectivity index (χ3v) is 3.23. The number of aromatic nitrogens is 1. The van der Waals surface area contributed by atoms with Gasteiger partial charge in [0.1, 0.15) is 5.15 Å². The van der Waals surface area contributed by atoms with Gasteiger partial charge in [-0.1, -0.05) is 11.6 Å². The van der Waals surface area contributed by atoms with E-state index in [1.807, 2.05) is 6.92 Å². The van der Waals surface area contributed by atoms with Crippen molar-refractivity contribution in [3.05, 3.63) is 28.5 Å². The highest BCUT2D eigenvalue weighted by atomic mass is 35.5. The van der Waals surface area contributed by atoms with Gasteiger partial charge in [-0.3, -0.25) is 0 Å². The molecule has 1 fully saturated rings. The summed E-state index contributed by atoms with van der Waals surface area (Å²) >= 11 is 5.84. The van der Waals surface area contributed by atoms with E-state index in [9.17, 15) is 0 Å². The summed E-state index contributed by atoms with van der Waals surface area (Å²) in [5, 5.41) is 0.576. The Morgan fingerprint density at radius 1 is 1.54 bits per heavy atom. The standard InChI is InChI=1S/C10H13ClN2/c1-7-5-8(6-13-9(7)11)10(12)3-2-4-10/h5-6H,2-4,12H2,1H3. The fourth-order valence-corrected chi connectivity index (χ4v) is 1.78. The Morgan fingerprint density at radius 3 is 2.69 bits per heavy atom. The molecular weight excluding hydrogens is 184 g/mol. The molecular formula is C10H13ClN2. The SMILES string of the molecule is Cc1cc(C2(N)CCC2)cnc1Cl. The Balaban J connectivity index is 2.36. The van der Waals surface area contributed by atoms with Gasteiger partial charge in [0, 0.05) is 11.7 Å². The maximum Gasteiger partial charge on any atom is 0.131 e. The molecule has 1 aromatic heterocycles. The van der Waals surface area contributed by atoms with Crippen LogP contribution < -0.4 is 5.73 Å². The predicted octanol–water partition coefficient (Wildman–Crippen LogP) is 2.38. The highest BCUT2D eigenvalue weighted by Gasteiger charge is 2.34. The first-order chi connectivity index (χ1) is 6.12. The number of halogens is 1. The third-order valence-electron chi connectivity index (χ3n) is 2.84. The van der Waals surface area contributed by atoms with Gasteiger partial charge in [0.25, 0.3) is 0 Å². The van der Waals surface area contributed by atoms with Crippen molar-refractivity contribution in [2.75, 3.05) is 0 Å². The lowest BCUT2D eigenvalue weighted by Crippen LogP contribution is -2.43. The maximum absolute atomic E-state index is 6.16. The zero-order valence-electron chi connectivity index (χ0n) is 7.68. The van der Waals surface area contributed by atoms with Gasteiger partial charge in [-0.25, -0.2) is 4.98 Å². The molecule has 0 unspecified atom stereocenters. The van der Waals surface area contributed by atoms with Gasteiger partial charge in [0.2, 0.25) is 0 Å². The second-order valence-electron chi connectivity index (χ2n) is 3.84. The maximum atomic E-state index is 6.16. The predicted molar refractivity (Wildman–Crippen MR) is 53.7 cm³/mol. The van der Waals surface area contributed by atoms with E-state index in [0.717, 1.165) is 24.0 Å². The third kappa shape index (κ3) is 1.45. The summed E-state index contributed by atoms with van der Waals surface area (Å²) in [4.78, 5) is 4.11. The highest BCUT2D eigenvalue weighted by molar-refractivity contribution is 6.30. The van der Waals surface area contributed by atoms with Gasteiger partial charge < -0.3 is 5.73 Å². The molecule has 13 heavy (non-hydrogen) atoms. The largest absolute Gasteiger partial charge is 0.321 e. The summed E-state index contributed by atoms with van der Waals surface area (Å²) in [5.74, 6) is 0. The molecule has 2 rings (SSSR count). The van der Waals surface area contributed by atoms with E-state index in [1.165, 1.54) is 6.42 Å². The first-order valence-corrected chi connectivity index (χ1v) is 4.91. The smallest absolute Gasteiger partial charge is 0.131 e. The van der Waals surface area contributed by atoms with Crippen molar-refractivity contribution in [3.8, 4) is 0 Å². The average molecular weight is 197 g/mol. The van der Waals surface area contributed by atoms with Crippen LogP contribution in [-0.2, 0) is 5.54 Å². The quantitative estimate of drug-likeness (QED) is 0.701. The van der Waals surface area contributed by atoms with Crippen LogP contribution in [0.25, 0.3) is 0 Å². The van der Waals surface area contributed by atoms with Crippen molar-refractivity contribution >= 4 is 11.6 Å². The molecule has 0 aromatic carbocycles. The lowest BCUT2D eigenvalue weighted by atomic mass is 9.73. The molecule has 70 valence electrons. The Kier molecular flexibility index (Phi) is 2.05. The van der Waals surface area contributed by atoms with Gasteiger partial charge in [-0.05, 0) is 43.4 Å². The molecule has 1 aliphatic rings. The molecule has 0 spiro atoms. The van der Waals surface area contributed by atoms with E-state index in [4.69, 9.17) is 17.3 Å². The van der Waals surface area contributed by atoms with Crippen molar-refractivity contribution in [1.29, 1.82) is 0 Å². The number of aryl methyl sites for hydroxylation is 1. The second-order valence-corrected chi connectivity index (χ2v) is 4.20. The summed E-state index contributed by atoms with van der Waals surface area (Å²) in [6.07, 6.45) is 5.15. The summed E-state index contributed by atoms with van der Waals surface area (Å²) in [6, 6.07) is 2.05. The van der Waals surface area contributed by atoms with E-state index in [-0.39, 0.29) is 5.54 Å². The van der Waals surface area contributed by atoms with Gasteiger partial charge in [0.15, 0.2) is 0 Å². The lowest BCUT2D eigenvalue weighted by Gasteiger charge is -2.38. The molecule has 0 radical (unpaired) electrons. The first-order valence-electron chi connectivity index (χ1n) is 4.53. The van der Waals surface area contributed by atoms with Crippen LogP contribution in [0.1, 0.15) is 30.4 Å². The van der Waals surface area contributed by atoms with E-state index < -0.39 is 0 Å². The minimum Gasteiger partial charge on any atom is -0.321 e. The van der Waals surface area contributed by atoms with Crippen molar-refractivity contribution in [1.82, 2.24) is 4.98 Å². The zero-order valence-corrected chi connectivity index (χ0v) is 8.43. The monoisotopic (exact) mass is 196 g/mol. The molecule has 1 saturated carbocycles. The minimum atomic E-state index is -0.123. The van der Waals surface area contributed by atoms with Crippen molar-refractivity contribution in [2.45, 2.75) is 31.7 Å². The van der Waals surface area contributed by atoms with Gasteiger partial charge in [0.05, 0.1) is 0 Å². The Labute approximate surface area is 83.1 Å². The van der Waals surface area contributed by atoms with Crippen LogP contribution in [0.3, 0.4) is 0 Å². The lowest BCUT2D eigenvalue weighted by molar-refractivity contribution is 0.253. The van der Waals surface area contributed by atoms with Gasteiger partial charge in [-0.2, -0.15) is 0 Å². The molecule has 0 aliphatic heterocycles. The molecule has 0 saturated heterocycles. The van der Waals surface area contributed by atoms with Crippen LogP contribution in [0.5, 0.6) is 0 Å². The van der Waals surface area contributed by atoms with Crippen LogP contribution in [0.15, 0.2) is 12.3 Å². The van der Waals surface area contributed by atoms with Crippen LogP contribution in [0, 0.1) is 6.92 Å². The van der Waals surface area contributed by atoms with E-state index in [1.54, 1.807) is 6.20 Å². The fourth-order valence-electron chi connectivity index (χ4n) is 1.68. The van der Waals surface area contributed by atoms with Gasteiger partial charge in [-0.15, -0.1) is 0 Å². The van der Waals surface area contributed by atoms with Crippen LogP contribution in [-0.4, -0.2) is 4.98 Å². The normalized spacial score (nSPS) is 19.6. The number of hydrogen-bond donors (Lipinski definition) is 1. The number of hydrogen-bond acceptors (Lipinski definition) is 2. The molecule has 0 bridgehead atoms. The summed E-state index contributed by atoms with van der Waals surface area (Å²) < 4.78 is 0. The Bertz CT molecular complexity index is 332. The minimum absolute atomic E-state index is 0.123. The van der Waals surface area contributed by atoms with E-state index >= 15 is 0 Å². The molecule has 3 heteroatoms. The molecule has 0 atom stereocenters. The Morgan fingerprint density at radius 2 is 2.23 bits per heavy atom. The van der Waals surface area contributed by atoms with Crippen molar-refractivity contribution in [3.63, 3.8) is 0 Å². The first kappa shape index (κ1) is 8.97. The van der Waals surface area contributed by atoms with Crippen molar-refractivity contribution in [2.24, 2.45) is 5.73 Å². The topological polar surface area (TPSA) is 38.9 Å². The van der Waals surface area contributed by atoms with E-state index in [2.05, 4.69) is 11.1 Å². The summed E-state index contributed by atoms with van der Waals surface area (Å²) in [7, 11) is 0. The molecule has 1 heterocycles. The van der Waals surface area contributed by atoms with Gasteiger partial charge >= 0.3 is 0 Å².